The summed E-state index contributed by atoms with van der Waals surface area (Å²) in [6.07, 6.45) is 0. The summed E-state index contributed by atoms with van der Waals surface area (Å²) in [5.74, 6) is -0.0719. The van der Waals surface area contributed by atoms with Gasteiger partial charge in [0.2, 0.25) is 0 Å². The third-order valence-corrected chi connectivity index (χ3v) is 1.95. The minimum atomic E-state index is -0.481. The van der Waals surface area contributed by atoms with Crippen LogP contribution in [0.1, 0.15) is 17.4 Å². The molecule has 0 aromatic carbocycles. The van der Waals surface area contributed by atoms with E-state index in [1.165, 1.54) is 7.11 Å². The number of hydrogen-bond donors (Lipinski definition) is 0. The fourth-order valence-electron chi connectivity index (χ4n) is 0.933. The summed E-state index contributed by atoms with van der Waals surface area (Å²) in [6, 6.07) is 3.35. The first-order valence-electron chi connectivity index (χ1n) is 4.06. The van der Waals surface area contributed by atoms with Gasteiger partial charge in [0.15, 0.2) is 11.4 Å². The van der Waals surface area contributed by atoms with Gasteiger partial charge in [-0.2, -0.15) is 0 Å². The van der Waals surface area contributed by atoms with E-state index < -0.39 is 5.97 Å². The van der Waals surface area contributed by atoms with Gasteiger partial charge in [-0.05, 0) is 35.0 Å². The number of aromatic nitrogens is 1. The molecule has 0 aliphatic carbocycles. The van der Waals surface area contributed by atoms with E-state index in [0.717, 1.165) is 0 Å². The molecule has 1 rings (SSSR count). The maximum atomic E-state index is 11.4. The maximum Gasteiger partial charge on any atom is 0.360 e. The predicted molar refractivity (Wildman–Crippen MR) is 54.4 cm³/mol. The van der Waals surface area contributed by atoms with Gasteiger partial charge in [-0.15, -0.1) is 0 Å². The number of halogens is 1. The minimum absolute atomic E-state index is 0.184. The molecule has 0 fully saturated rings. The van der Waals surface area contributed by atoms with Crippen molar-refractivity contribution in [1.29, 1.82) is 0 Å². The van der Waals surface area contributed by atoms with Crippen molar-refractivity contribution >= 4 is 21.9 Å². The van der Waals surface area contributed by atoms with Gasteiger partial charge in [0.05, 0.1) is 13.7 Å². The van der Waals surface area contributed by atoms with Crippen LogP contribution in [0.4, 0.5) is 0 Å². The van der Waals surface area contributed by atoms with Gasteiger partial charge in [0, 0.05) is 0 Å². The zero-order chi connectivity index (χ0) is 10.6. The van der Waals surface area contributed by atoms with Crippen LogP contribution in [0.2, 0.25) is 0 Å². The lowest BCUT2D eigenvalue weighted by molar-refractivity contribution is 0.0515. The molecule has 0 saturated carbocycles. The van der Waals surface area contributed by atoms with E-state index >= 15 is 0 Å². The number of carbonyl (C=O) groups is 1. The number of nitrogens with zero attached hydrogens (tertiary/aromatic N) is 1. The summed E-state index contributed by atoms with van der Waals surface area (Å²) in [4.78, 5) is 15.4. The summed E-state index contributed by atoms with van der Waals surface area (Å²) in [7, 11) is 1.48. The Kier molecular flexibility index (Phi) is 3.88. The van der Waals surface area contributed by atoms with Crippen LogP contribution in [0.3, 0.4) is 0 Å². The van der Waals surface area contributed by atoms with Crippen LogP contribution in [0.15, 0.2) is 16.7 Å². The Labute approximate surface area is 90.4 Å². The summed E-state index contributed by atoms with van der Waals surface area (Å²) < 4.78 is 10.4. The number of methoxy groups -OCH3 is 1. The Balaban J connectivity index is 3.03. The lowest BCUT2D eigenvalue weighted by Crippen LogP contribution is -2.09. The highest BCUT2D eigenvalue weighted by Crippen LogP contribution is 2.19. The van der Waals surface area contributed by atoms with E-state index in [9.17, 15) is 4.79 Å². The van der Waals surface area contributed by atoms with Crippen molar-refractivity contribution in [3.8, 4) is 5.75 Å². The fraction of sp³-hybridized carbons (Fsp3) is 0.333. The van der Waals surface area contributed by atoms with Gasteiger partial charge in [-0.3, -0.25) is 0 Å². The summed E-state index contributed by atoms with van der Waals surface area (Å²) in [6.45, 7) is 2.05. The highest BCUT2D eigenvalue weighted by Gasteiger charge is 2.15. The van der Waals surface area contributed by atoms with Crippen molar-refractivity contribution in [1.82, 2.24) is 4.98 Å². The normalized spacial score (nSPS) is 9.64. The smallest absolute Gasteiger partial charge is 0.360 e. The molecule has 1 aromatic heterocycles. The van der Waals surface area contributed by atoms with E-state index in [0.29, 0.717) is 17.0 Å². The average molecular weight is 260 g/mol. The SMILES string of the molecule is CCOC(=O)c1nc(Br)ccc1OC. The Morgan fingerprint density at radius 1 is 1.57 bits per heavy atom. The molecule has 0 bridgehead atoms. The fourth-order valence-corrected chi connectivity index (χ4v) is 1.24. The van der Waals surface area contributed by atoms with Crippen molar-refractivity contribution in [3.05, 3.63) is 22.4 Å². The minimum Gasteiger partial charge on any atom is -0.494 e. The zero-order valence-electron chi connectivity index (χ0n) is 7.91. The first-order valence-corrected chi connectivity index (χ1v) is 4.86. The third-order valence-electron chi connectivity index (χ3n) is 1.51. The second kappa shape index (κ2) is 4.95. The molecule has 0 unspecified atom stereocenters. The van der Waals surface area contributed by atoms with Crippen LogP contribution >= 0.6 is 15.9 Å². The molecule has 0 aliphatic heterocycles. The van der Waals surface area contributed by atoms with Crippen molar-refractivity contribution in [3.63, 3.8) is 0 Å². The van der Waals surface area contributed by atoms with Crippen molar-refractivity contribution in [2.24, 2.45) is 0 Å². The molecular weight excluding hydrogens is 250 g/mol. The average Bonchev–Trinajstić information content (AvgIpc) is 2.18. The number of pyridine rings is 1. The summed E-state index contributed by atoms with van der Waals surface area (Å²) in [5.41, 5.74) is 0.184. The Bertz CT molecular complexity index is 341. The number of esters is 1. The zero-order valence-corrected chi connectivity index (χ0v) is 9.50. The third kappa shape index (κ3) is 2.45. The highest BCUT2D eigenvalue weighted by atomic mass is 79.9. The molecule has 0 N–H and O–H groups in total. The number of carbonyl (C=O) groups excluding carboxylic acids is 1. The molecule has 0 spiro atoms. The van der Waals surface area contributed by atoms with Crippen LogP contribution in [0.25, 0.3) is 0 Å². The maximum absolute atomic E-state index is 11.4. The molecule has 4 nitrogen and oxygen atoms in total. The van der Waals surface area contributed by atoms with Gasteiger partial charge in [0.1, 0.15) is 4.60 Å². The molecule has 1 aromatic rings. The van der Waals surface area contributed by atoms with Crippen LogP contribution in [0, 0.1) is 0 Å². The molecule has 0 radical (unpaired) electrons. The largest absolute Gasteiger partial charge is 0.494 e. The van der Waals surface area contributed by atoms with E-state index in [4.69, 9.17) is 9.47 Å². The van der Waals surface area contributed by atoms with E-state index in [1.807, 2.05) is 0 Å². The van der Waals surface area contributed by atoms with Crippen LogP contribution in [-0.2, 0) is 4.74 Å². The standard InChI is InChI=1S/C9H10BrNO3/c1-3-14-9(12)8-6(13-2)4-5-7(10)11-8/h4-5H,3H2,1-2H3. The summed E-state index contributed by atoms with van der Waals surface area (Å²) >= 11 is 3.17. The second-order valence-corrected chi connectivity index (χ2v) is 3.22. The number of rotatable bonds is 3. The Morgan fingerprint density at radius 3 is 2.86 bits per heavy atom. The van der Waals surface area contributed by atoms with E-state index in [2.05, 4.69) is 20.9 Å². The quantitative estimate of drug-likeness (QED) is 0.616. The monoisotopic (exact) mass is 259 g/mol. The van der Waals surface area contributed by atoms with Crippen molar-refractivity contribution in [2.75, 3.05) is 13.7 Å². The predicted octanol–water partition coefficient (Wildman–Crippen LogP) is 2.03. The van der Waals surface area contributed by atoms with Gasteiger partial charge in [0.25, 0.3) is 0 Å². The van der Waals surface area contributed by atoms with Crippen molar-refractivity contribution in [2.45, 2.75) is 6.92 Å². The van der Waals surface area contributed by atoms with Gasteiger partial charge >= 0.3 is 5.97 Å². The molecule has 0 amide bonds. The summed E-state index contributed by atoms with van der Waals surface area (Å²) in [5, 5.41) is 0. The second-order valence-electron chi connectivity index (χ2n) is 2.41. The number of hydrogen-bond acceptors (Lipinski definition) is 4. The molecule has 5 heteroatoms. The molecular formula is C9H10BrNO3. The topological polar surface area (TPSA) is 48.4 Å². The lowest BCUT2D eigenvalue weighted by Gasteiger charge is -2.06. The first-order chi connectivity index (χ1) is 6.69. The van der Waals surface area contributed by atoms with Gasteiger partial charge in [-0.1, -0.05) is 0 Å². The molecule has 76 valence electrons. The molecule has 0 saturated heterocycles. The molecule has 0 aliphatic rings. The molecule has 14 heavy (non-hydrogen) atoms. The lowest BCUT2D eigenvalue weighted by atomic mass is 10.3. The molecule has 1 heterocycles. The Hall–Kier alpha value is -1.10. The van der Waals surface area contributed by atoms with Gasteiger partial charge < -0.3 is 9.47 Å². The Morgan fingerprint density at radius 2 is 2.29 bits per heavy atom. The first kappa shape index (κ1) is 11.0. The molecule has 0 atom stereocenters. The van der Waals surface area contributed by atoms with Crippen LogP contribution < -0.4 is 4.74 Å². The van der Waals surface area contributed by atoms with Gasteiger partial charge in [-0.25, -0.2) is 9.78 Å². The van der Waals surface area contributed by atoms with E-state index in [-0.39, 0.29) is 5.69 Å². The van der Waals surface area contributed by atoms with Crippen LogP contribution in [-0.4, -0.2) is 24.7 Å². The van der Waals surface area contributed by atoms with E-state index in [1.54, 1.807) is 19.1 Å². The van der Waals surface area contributed by atoms with Crippen molar-refractivity contribution < 1.29 is 14.3 Å². The van der Waals surface area contributed by atoms with Crippen LogP contribution in [0.5, 0.6) is 5.75 Å². The highest BCUT2D eigenvalue weighted by molar-refractivity contribution is 9.10. The number of ether oxygens (including phenoxy) is 2.